The first-order chi connectivity index (χ1) is 15.5. The molecule has 0 aliphatic rings. The molecule has 0 aromatic heterocycles. The molecule has 1 unspecified atom stereocenters. The molecule has 0 amide bonds. The third-order valence-electron chi connectivity index (χ3n) is 5.13. The number of oxime groups is 1. The molecule has 172 valence electrons. The maximum atomic E-state index is 13.6. The van der Waals surface area contributed by atoms with Gasteiger partial charge in [0.25, 0.3) is 6.43 Å². The van der Waals surface area contributed by atoms with Crippen LogP contribution in [0.15, 0.2) is 65.8 Å². The zero-order chi connectivity index (χ0) is 23.3. The van der Waals surface area contributed by atoms with Crippen molar-refractivity contribution in [2.45, 2.75) is 52.6 Å². The van der Waals surface area contributed by atoms with Crippen molar-refractivity contribution in [1.29, 1.82) is 0 Å². The number of ether oxygens (including phenoxy) is 1. The molecule has 6 heteroatoms. The van der Waals surface area contributed by atoms with Crippen LogP contribution in [-0.2, 0) is 33.8 Å². The van der Waals surface area contributed by atoms with Crippen LogP contribution < -0.4 is 0 Å². The highest BCUT2D eigenvalue weighted by atomic mass is 19.3. The van der Waals surface area contributed by atoms with Crippen LogP contribution in [-0.4, -0.2) is 25.2 Å². The predicted molar refractivity (Wildman–Crippen MR) is 123 cm³/mol. The summed E-state index contributed by atoms with van der Waals surface area (Å²) < 4.78 is 32.0. The maximum absolute atomic E-state index is 13.6. The van der Waals surface area contributed by atoms with E-state index in [1.54, 1.807) is 12.1 Å². The van der Waals surface area contributed by atoms with E-state index in [0.717, 1.165) is 36.0 Å². The number of aryl methyl sites for hydroxylation is 1. The first-order valence-corrected chi connectivity index (χ1v) is 10.9. The molecule has 2 rings (SSSR count). The molecule has 0 heterocycles. The number of methoxy groups -OCH3 is 1. The summed E-state index contributed by atoms with van der Waals surface area (Å²) in [6.45, 7) is 4.09. The van der Waals surface area contributed by atoms with E-state index in [2.05, 4.69) is 12.1 Å². The molecule has 0 radical (unpaired) electrons. The van der Waals surface area contributed by atoms with Crippen LogP contribution >= 0.6 is 0 Å². The molecule has 0 spiro atoms. The second-order valence-corrected chi connectivity index (χ2v) is 7.42. The van der Waals surface area contributed by atoms with Gasteiger partial charge in [-0.1, -0.05) is 86.1 Å². The number of carbonyl (C=O) groups is 1. The lowest BCUT2D eigenvalue weighted by Gasteiger charge is -2.14. The molecule has 1 atom stereocenters. The Hall–Kier alpha value is -3.02. The number of benzene rings is 2. The average molecular weight is 444 g/mol. The summed E-state index contributed by atoms with van der Waals surface area (Å²) in [4.78, 5) is 17.5. The van der Waals surface area contributed by atoms with Crippen LogP contribution in [0.3, 0.4) is 0 Å². The molecule has 2 aromatic rings. The number of rotatable bonds is 12. The van der Waals surface area contributed by atoms with E-state index in [0.29, 0.717) is 12.0 Å². The Balaban J connectivity index is 2.16. The van der Waals surface area contributed by atoms with E-state index in [9.17, 15) is 13.6 Å². The Kier molecular flexibility index (Phi) is 10.6. The van der Waals surface area contributed by atoms with Gasteiger partial charge in [0.2, 0.25) is 0 Å². The van der Waals surface area contributed by atoms with Crippen molar-refractivity contribution < 1.29 is 23.1 Å². The van der Waals surface area contributed by atoms with Crippen molar-refractivity contribution >= 4 is 11.7 Å². The van der Waals surface area contributed by atoms with Crippen molar-refractivity contribution in [3.63, 3.8) is 0 Å². The Labute approximate surface area is 188 Å². The highest BCUT2D eigenvalue weighted by Crippen LogP contribution is 2.19. The van der Waals surface area contributed by atoms with Gasteiger partial charge in [-0.3, -0.25) is 4.79 Å². The minimum atomic E-state index is -2.76. The Morgan fingerprint density at radius 1 is 1.06 bits per heavy atom. The summed E-state index contributed by atoms with van der Waals surface area (Å²) in [5.74, 6) is -0.744. The summed E-state index contributed by atoms with van der Waals surface area (Å²) in [6.07, 6.45) is 4.20. The molecule has 0 aliphatic heterocycles. The summed E-state index contributed by atoms with van der Waals surface area (Å²) in [6, 6.07) is 14.3. The highest BCUT2D eigenvalue weighted by Gasteiger charge is 2.19. The molecule has 4 nitrogen and oxygen atoms in total. The van der Waals surface area contributed by atoms with E-state index in [1.807, 2.05) is 55.5 Å². The zero-order valence-corrected chi connectivity index (χ0v) is 18.9. The van der Waals surface area contributed by atoms with Gasteiger partial charge in [0.15, 0.2) is 5.71 Å². The molecule has 0 bridgehead atoms. The molecule has 0 saturated heterocycles. The number of allylic oxidation sites excluding steroid dienone is 1. The minimum absolute atomic E-state index is 0.0198. The number of hydrogen-bond acceptors (Lipinski definition) is 4. The van der Waals surface area contributed by atoms with Gasteiger partial charge in [-0.2, -0.15) is 0 Å². The Bertz CT molecular complexity index is 908. The molecule has 0 N–H and O–H groups in total. The normalized spacial score (nSPS) is 12.9. The molecular weight excluding hydrogens is 412 g/mol. The van der Waals surface area contributed by atoms with Gasteiger partial charge < -0.3 is 9.57 Å². The summed E-state index contributed by atoms with van der Waals surface area (Å²) in [5, 5.41) is 3.74. The number of alkyl halides is 2. The molecular formula is C26H31F2NO3. The summed E-state index contributed by atoms with van der Waals surface area (Å²) in [7, 11) is 1.37. The van der Waals surface area contributed by atoms with E-state index < -0.39 is 18.1 Å². The molecule has 2 aromatic carbocycles. The summed E-state index contributed by atoms with van der Waals surface area (Å²) in [5.41, 5.74) is 2.65. The van der Waals surface area contributed by atoms with Crippen LogP contribution in [0.5, 0.6) is 0 Å². The quantitative estimate of drug-likeness (QED) is 0.172. The first kappa shape index (κ1) is 25.2. The number of carbonyl (C=O) groups excluding carboxylic acids is 1. The maximum Gasteiger partial charge on any atom is 0.312 e. The van der Waals surface area contributed by atoms with Crippen molar-refractivity contribution in [1.82, 2.24) is 0 Å². The van der Waals surface area contributed by atoms with Crippen LogP contribution in [0.2, 0.25) is 0 Å². The molecule has 0 saturated carbocycles. The van der Waals surface area contributed by atoms with Gasteiger partial charge in [-0.25, -0.2) is 8.78 Å². The third kappa shape index (κ3) is 7.59. The van der Waals surface area contributed by atoms with Crippen LogP contribution in [0.25, 0.3) is 0 Å². The summed E-state index contributed by atoms with van der Waals surface area (Å²) >= 11 is 0. The average Bonchev–Trinajstić information content (AvgIpc) is 2.81. The first-order valence-electron chi connectivity index (χ1n) is 10.9. The Morgan fingerprint density at radius 2 is 1.75 bits per heavy atom. The van der Waals surface area contributed by atoms with Crippen LogP contribution in [0.1, 0.15) is 48.9 Å². The van der Waals surface area contributed by atoms with Crippen molar-refractivity contribution in [3.05, 3.63) is 82.9 Å². The number of esters is 1. The van der Waals surface area contributed by atoms with Crippen LogP contribution in [0.4, 0.5) is 8.78 Å². The fraction of sp³-hybridized carbons (Fsp3) is 0.385. The van der Waals surface area contributed by atoms with Gasteiger partial charge in [-0.05, 0) is 36.0 Å². The smallest absolute Gasteiger partial charge is 0.312 e. The Morgan fingerprint density at radius 3 is 2.34 bits per heavy atom. The van der Waals surface area contributed by atoms with E-state index in [-0.39, 0.29) is 12.6 Å². The minimum Gasteiger partial charge on any atom is -0.469 e. The van der Waals surface area contributed by atoms with Gasteiger partial charge in [0.1, 0.15) is 6.61 Å². The SMILES string of the molecule is CCC/C=C\C(Cc1ccccc1CO/N=C(/c1ccc(CC)cc1)C(F)F)C(=O)OC. The number of hydrogen-bond donors (Lipinski definition) is 0. The lowest BCUT2D eigenvalue weighted by atomic mass is 9.95. The van der Waals surface area contributed by atoms with Crippen molar-refractivity contribution in [3.8, 4) is 0 Å². The highest BCUT2D eigenvalue weighted by molar-refractivity contribution is 6.02. The fourth-order valence-electron chi connectivity index (χ4n) is 3.24. The van der Waals surface area contributed by atoms with Crippen molar-refractivity contribution in [2.24, 2.45) is 11.1 Å². The lowest BCUT2D eigenvalue weighted by Crippen LogP contribution is -2.17. The third-order valence-corrected chi connectivity index (χ3v) is 5.13. The number of halogens is 2. The molecule has 0 aliphatic carbocycles. The standard InChI is InChI=1S/C26H31F2NO3/c1-4-6-7-11-22(26(30)31-3)17-21-10-8-9-12-23(21)18-32-29-24(25(27)28)20-15-13-19(5-2)14-16-20/h7-16,22,25H,4-6,17-18H2,1-3H3/b11-7-,29-24-. The molecule has 0 fully saturated rings. The second-order valence-electron chi connectivity index (χ2n) is 7.42. The molecule has 32 heavy (non-hydrogen) atoms. The second kappa shape index (κ2) is 13.4. The van der Waals surface area contributed by atoms with Gasteiger partial charge >= 0.3 is 5.97 Å². The fourth-order valence-corrected chi connectivity index (χ4v) is 3.24. The van der Waals surface area contributed by atoms with Gasteiger partial charge in [-0.15, -0.1) is 0 Å². The number of unbranched alkanes of at least 4 members (excludes halogenated alkanes) is 1. The number of nitrogens with zero attached hydrogens (tertiary/aromatic N) is 1. The largest absolute Gasteiger partial charge is 0.469 e. The van der Waals surface area contributed by atoms with Gasteiger partial charge in [0, 0.05) is 5.56 Å². The van der Waals surface area contributed by atoms with E-state index in [1.165, 1.54) is 7.11 Å². The van der Waals surface area contributed by atoms with Crippen LogP contribution in [0, 0.1) is 5.92 Å². The topological polar surface area (TPSA) is 47.9 Å². The monoisotopic (exact) mass is 443 g/mol. The lowest BCUT2D eigenvalue weighted by molar-refractivity contribution is -0.143. The predicted octanol–water partition coefficient (Wildman–Crippen LogP) is 6.12. The van der Waals surface area contributed by atoms with Gasteiger partial charge in [0.05, 0.1) is 13.0 Å². The van der Waals surface area contributed by atoms with E-state index >= 15 is 0 Å². The zero-order valence-electron chi connectivity index (χ0n) is 18.9. The van der Waals surface area contributed by atoms with E-state index in [4.69, 9.17) is 9.57 Å². The van der Waals surface area contributed by atoms with Crippen molar-refractivity contribution in [2.75, 3.05) is 7.11 Å².